The van der Waals surface area contributed by atoms with Crippen LogP contribution in [0, 0.1) is 17.7 Å². The van der Waals surface area contributed by atoms with Gasteiger partial charge >= 0.3 is 0 Å². The molecule has 2 aromatic rings. The number of nitrogens with one attached hydrogen (secondary N) is 1. The highest BCUT2D eigenvalue weighted by molar-refractivity contribution is 7.89. The minimum atomic E-state index is -3.51. The molecule has 0 aromatic heterocycles. The van der Waals surface area contributed by atoms with Crippen LogP contribution in [0.4, 0.5) is 4.39 Å². The summed E-state index contributed by atoms with van der Waals surface area (Å²) in [7, 11) is 0.548. The van der Waals surface area contributed by atoms with Crippen molar-refractivity contribution >= 4 is 15.9 Å². The van der Waals surface area contributed by atoms with E-state index in [1.54, 1.807) is 42.5 Å². The maximum absolute atomic E-state index is 13.8. The first-order valence-electron chi connectivity index (χ1n) is 13.6. The molecule has 208 valence electrons. The van der Waals surface area contributed by atoms with Crippen molar-refractivity contribution in [2.24, 2.45) is 11.8 Å². The summed E-state index contributed by atoms with van der Waals surface area (Å²) in [6.45, 7) is 1.25. The Morgan fingerprint density at radius 1 is 1.08 bits per heavy atom. The molecule has 4 rings (SSSR count). The molecule has 2 fully saturated rings. The molecule has 2 aliphatic rings. The summed E-state index contributed by atoms with van der Waals surface area (Å²) >= 11 is 0. The fourth-order valence-corrected chi connectivity index (χ4v) is 7.55. The van der Waals surface area contributed by atoms with Crippen molar-refractivity contribution in [2.45, 2.75) is 55.5 Å². The maximum Gasteiger partial charge on any atom is 0.246 e. The lowest BCUT2D eigenvalue weighted by molar-refractivity contribution is -0.127. The number of piperidine rings is 1. The number of benzene rings is 2. The van der Waals surface area contributed by atoms with Gasteiger partial charge in [-0.25, -0.2) is 12.8 Å². The zero-order valence-electron chi connectivity index (χ0n) is 22.4. The molecule has 9 heteroatoms. The fraction of sp³-hybridized carbons (Fsp3) is 0.552. The zero-order valence-corrected chi connectivity index (χ0v) is 23.2. The number of ether oxygens (including phenoxy) is 1. The Morgan fingerprint density at radius 2 is 1.82 bits per heavy atom. The topological polar surface area (TPSA) is 79.0 Å². The molecule has 38 heavy (non-hydrogen) atoms. The molecule has 2 aromatic carbocycles. The second-order valence-corrected chi connectivity index (χ2v) is 12.8. The lowest BCUT2D eigenvalue weighted by Gasteiger charge is -2.37. The van der Waals surface area contributed by atoms with Crippen molar-refractivity contribution in [1.82, 2.24) is 14.5 Å². The highest BCUT2D eigenvalue weighted by atomic mass is 32.2. The molecule has 7 nitrogen and oxygen atoms in total. The predicted molar refractivity (Wildman–Crippen MR) is 145 cm³/mol. The van der Waals surface area contributed by atoms with Gasteiger partial charge in [0.25, 0.3) is 0 Å². The van der Waals surface area contributed by atoms with E-state index in [-0.39, 0.29) is 36.3 Å². The number of nitrogens with zero attached hydrogens (tertiary/aromatic N) is 2. The van der Waals surface area contributed by atoms with Crippen LogP contribution in [0.15, 0.2) is 59.5 Å². The minimum absolute atomic E-state index is 0.0223. The lowest BCUT2D eigenvalue weighted by atomic mass is 9.78. The van der Waals surface area contributed by atoms with E-state index in [2.05, 4.69) is 10.2 Å². The molecule has 0 bridgehead atoms. The first kappa shape index (κ1) is 28.7. The average molecular weight is 546 g/mol. The van der Waals surface area contributed by atoms with Crippen LogP contribution in [0.2, 0.25) is 0 Å². The Morgan fingerprint density at radius 3 is 2.50 bits per heavy atom. The summed E-state index contributed by atoms with van der Waals surface area (Å²) in [6.07, 6.45) is 5.33. The number of amides is 1. The molecule has 1 saturated heterocycles. The summed E-state index contributed by atoms with van der Waals surface area (Å²) in [6, 6.07) is 15.6. The van der Waals surface area contributed by atoms with Gasteiger partial charge in [-0.2, -0.15) is 4.31 Å². The van der Waals surface area contributed by atoms with Gasteiger partial charge in [0.05, 0.1) is 11.5 Å². The SMILES string of the molecule is CN(C)C(c1cccc(F)c1)C1CCC(NC(=O)COCC2CCCN(S(=O)(=O)c3ccccc3)C2)CC1. The molecule has 1 aliphatic carbocycles. The van der Waals surface area contributed by atoms with Crippen molar-refractivity contribution in [3.8, 4) is 0 Å². The summed E-state index contributed by atoms with van der Waals surface area (Å²) in [4.78, 5) is 15.0. The summed E-state index contributed by atoms with van der Waals surface area (Å²) in [5.41, 5.74) is 0.994. The second kappa shape index (κ2) is 13.2. The number of carbonyl (C=O) groups excluding carboxylic acids is 1. The fourth-order valence-electron chi connectivity index (χ4n) is 5.97. The molecule has 1 amide bonds. The molecule has 2 unspecified atom stereocenters. The van der Waals surface area contributed by atoms with Crippen LogP contribution in [0.5, 0.6) is 0 Å². The third-order valence-electron chi connectivity index (χ3n) is 7.78. The van der Waals surface area contributed by atoms with Crippen molar-refractivity contribution < 1.29 is 22.3 Å². The van der Waals surface area contributed by atoms with E-state index in [9.17, 15) is 17.6 Å². The van der Waals surface area contributed by atoms with Gasteiger partial charge in [0, 0.05) is 25.2 Å². The number of sulfonamides is 1. The van der Waals surface area contributed by atoms with Gasteiger partial charge < -0.3 is 15.0 Å². The van der Waals surface area contributed by atoms with Crippen molar-refractivity contribution in [3.63, 3.8) is 0 Å². The Labute approximate surface area is 226 Å². The van der Waals surface area contributed by atoms with Crippen LogP contribution in [0.1, 0.15) is 50.1 Å². The molecule has 0 spiro atoms. The lowest BCUT2D eigenvalue weighted by Crippen LogP contribution is -2.43. The highest BCUT2D eigenvalue weighted by Crippen LogP contribution is 2.37. The van der Waals surface area contributed by atoms with E-state index in [1.165, 1.54) is 10.4 Å². The average Bonchev–Trinajstić information content (AvgIpc) is 2.90. The molecule has 1 aliphatic heterocycles. The Bertz CT molecular complexity index is 1150. The van der Waals surface area contributed by atoms with Crippen molar-refractivity contribution in [1.29, 1.82) is 0 Å². The second-order valence-electron chi connectivity index (χ2n) is 10.8. The van der Waals surface area contributed by atoms with Gasteiger partial charge in [-0.05, 0) is 94.3 Å². The van der Waals surface area contributed by atoms with Crippen LogP contribution >= 0.6 is 0 Å². The maximum atomic E-state index is 13.8. The summed E-state index contributed by atoms with van der Waals surface area (Å²) < 4.78 is 46.9. The van der Waals surface area contributed by atoms with Crippen LogP contribution in [-0.4, -0.2) is 70.0 Å². The minimum Gasteiger partial charge on any atom is -0.371 e. The quantitative estimate of drug-likeness (QED) is 0.484. The number of hydrogen-bond donors (Lipinski definition) is 1. The third-order valence-corrected chi connectivity index (χ3v) is 9.66. The van der Waals surface area contributed by atoms with Gasteiger partial charge in [0.1, 0.15) is 12.4 Å². The monoisotopic (exact) mass is 545 g/mol. The number of carbonyl (C=O) groups is 1. The first-order valence-corrected chi connectivity index (χ1v) is 15.0. The van der Waals surface area contributed by atoms with E-state index in [0.717, 1.165) is 44.1 Å². The Hall–Kier alpha value is -2.33. The Kier molecular flexibility index (Phi) is 9.92. The number of halogens is 1. The van der Waals surface area contributed by atoms with Crippen LogP contribution < -0.4 is 5.32 Å². The molecular formula is C29H40FN3O4S. The third kappa shape index (κ3) is 7.40. The van der Waals surface area contributed by atoms with E-state index in [0.29, 0.717) is 30.5 Å². The summed E-state index contributed by atoms with van der Waals surface area (Å²) in [5.74, 6) is 0.121. The van der Waals surface area contributed by atoms with Crippen LogP contribution in [0.25, 0.3) is 0 Å². The van der Waals surface area contributed by atoms with E-state index < -0.39 is 10.0 Å². The Balaban J connectivity index is 1.19. The number of hydrogen-bond acceptors (Lipinski definition) is 5. The van der Waals surface area contributed by atoms with E-state index in [4.69, 9.17) is 4.74 Å². The predicted octanol–water partition coefficient (Wildman–Crippen LogP) is 4.22. The van der Waals surface area contributed by atoms with Crippen LogP contribution in [-0.2, 0) is 19.6 Å². The van der Waals surface area contributed by atoms with E-state index >= 15 is 0 Å². The smallest absolute Gasteiger partial charge is 0.246 e. The van der Waals surface area contributed by atoms with Gasteiger partial charge in [0.2, 0.25) is 15.9 Å². The normalized spacial score (nSPS) is 23.7. The van der Waals surface area contributed by atoms with Gasteiger partial charge in [0.15, 0.2) is 0 Å². The molecule has 0 radical (unpaired) electrons. The zero-order chi connectivity index (χ0) is 27.1. The van der Waals surface area contributed by atoms with E-state index in [1.807, 2.05) is 20.2 Å². The van der Waals surface area contributed by atoms with Gasteiger partial charge in [-0.1, -0.05) is 30.3 Å². The van der Waals surface area contributed by atoms with Crippen molar-refractivity contribution in [2.75, 3.05) is 40.4 Å². The molecule has 1 saturated carbocycles. The van der Waals surface area contributed by atoms with Crippen molar-refractivity contribution in [3.05, 3.63) is 66.0 Å². The first-order chi connectivity index (χ1) is 18.2. The van der Waals surface area contributed by atoms with Crippen LogP contribution in [0.3, 0.4) is 0 Å². The number of rotatable bonds is 10. The standard InChI is InChI=1S/C29H40FN3O4S/c1-32(2)29(24-9-6-10-25(30)18-24)23-13-15-26(16-14-23)31-28(34)21-37-20-22-8-7-17-33(19-22)38(35,36)27-11-4-3-5-12-27/h3-6,9-12,18,22-23,26,29H,7-8,13-17,19-21H2,1-2H3,(H,31,34). The molecule has 1 heterocycles. The molecule has 1 N–H and O–H groups in total. The van der Waals surface area contributed by atoms with Gasteiger partial charge in [-0.3, -0.25) is 4.79 Å². The summed E-state index contributed by atoms with van der Waals surface area (Å²) in [5, 5.41) is 3.10. The largest absolute Gasteiger partial charge is 0.371 e. The highest BCUT2D eigenvalue weighted by Gasteiger charge is 2.32. The molecular weight excluding hydrogens is 505 g/mol. The van der Waals surface area contributed by atoms with Gasteiger partial charge in [-0.15, -0.1) is 0 Å². The molecule has 2 atom stereocenters.